The highest BCUT2D eigenvalue weighted by atomic mass is 16.6. The van der Waals surface area contributed by atoms with E-state index in [1.165, 1.54) is 13.5 Å². The van der Waals surface area contributed by atoms with Crippen LogP contribution >= 0.6 is 0 Å². The molecule has 14 heavy (non-hydrogen) atoms. The van der Waals surface area contributed by atoms with Crippen LogP contribution < -0.4 is 0 Å². The van der Waals surface area contributed by atoms with Gasteiger partial charge in [0.2, 0.25) is 0 Å². The molecule has 0 amide bonds. The Labute approximate surface area is 84.6 Å². The molecule has 0 rings (SSSR count). The van der Waals surface area contributed by atoms with Crippen LogP contribution in [0.15, 0.2) is 0 Å². The SMILES string of the molecule is COC(=O)[CH]CCC(=O)OC(C)(C)C. The van der Waals surface area contributed by atoms with Gasteiger partial charge in [0.1, 0.15) is 5.60 Å². The van der Waals surface area contributed by atoms with Crippen molar-refractivity contribution in [3.8, 4) is 0 Å². The lowest BCUT2D eigenvalue weighted by molar-refractivity contribution is -0.154. The number of carbonyl (C=O) groups excluding carboxylic acids is 2. The second-order valence-corrected chi connectivity index (χ2v) is 3.85. The molecule has 0 saturated heterocycles. The summed E-state index contributed by atoms with van der Waals surface area (Å²) in [5.41, 5.74) is -0.470. The Morgan fingerprint density at radius 2 is 1.86 bits per heavy atom. The molecular formula is C10H17O4. The highest BCUT2D eigenvalue weighted by Crippen LogP contribution is 2.09. The highest BCUT2D eigenvalue weighted by Gasteiger charge is 2.16. The molecule has 0 aliphatic heterocycles. The summed E-state index contributed by atoms with van der Waals surface area (Å²) in [6.07, 6.45) is 1.87. The van der Waals surface area contributed by atoms with E-state index in [-0.39, 0.29) is 12.4 Å². The summed E-state index contributed by atoms with van der Waals surface area (Å²) >= 11 is 0. The van der Waals surface area contributed by atoms with Crippen molar-refractivity contribution in [2.45, 2.75) is 39.2 Å². The second kappa shape index (κ2) is 5.62. The smallest absolute Gasteiger partial charge is 0.309 e. The van der Waals surface area contributed by atoms with Crippen LogP contribution in [0.4, 0.5) is 0 Å². The molecule has 4 nitrogen and oxygen atoms in total. The molecule has 1 radical (unpaired) electrons. The van der Waals surface area contributed by atoms with Crippen molar-refractivity contribution in [1.82, 2.24) is 0 Å². The van der Waals surface area contributed by atoms with Gasteiger partial charge in [0.25, 0.3) is 0 Å². The summed E-state index contributed by atoms with van der Waals surface area (Å²) in [4.78, 5) is 21.8. The van der Waals surface area contributed by atoms with E-state index in [9.17, 15) is 9.59 Å². The van der Waals surface area contributed by atoms with Crippen molar-refractivity contribution >= 4 is 11.9 Å². The zero-order valence-corrected chi connectivity index (χ0v) is 9.12. The van der Waals surface area contributed by atoms with E-state index in [1.54, 1.807) is 20.8 Å². The molecule has 81 valence electrons. The van der Waals surface area contributed by atoms with Crippen LogP contribution in [0, 0.1) is 6.42 Å². The van der Waals surface area contributed by atoms with Gasteiger partial charge in [0.05, 0.1) is 13.5 Å². The van der Waals surface area contributed by atoms with Gasteiger partial charge in [0.15, 0.2) is 0 Å². The van der Waals surface area contributed by atoms with Crippen LogP contribution in [0.25, 0.3) is 0 Å². The molecule has 0 aromatic carbocycles. The molecule has 0 aliphatic rings. The van der Waals surface area contributed by atoms with Crippen molar-refractivity contribution in [2.24, 2.45) is 0 Å². The normalized spacial score (nSPS) is 10.9. The predicted octanol–water partition coefficient (Wildman–Crippen LogP) is 1.49. The fourth-order valence-electron chi connectivity index (χ4n) is 0.784. The number of ether oxygens (including phenoxy) is 2. The number of methoxy groups -OCH3 is 1. The van der Waals surface area contributed by atoms with E-state index in [2.05, 4.69) is 4.74 Å². The van der Waals surface area contributed by atoms with Gasteiger partial charge >= 0.3 is 11.9 Å². The first-order valence-corrected chi connectivity index (χ1v) is 4.48. The zero-order valence-electron chi connectivity index (χ0n) is 9.12. The molecule has 0 aromatic rings. The molecule has 0 fully saturated rings. The quantitative estimate of drug-likeness (QED) is 0.646. The summed E-state index contributed by atoms with van der Waals surface area (Å²) in [5, 5.41) is 0. The van der Waals surface area contributed by atoms with Crippen LogP contribution in [0.3, 0.4) is 0 Å². The maximum Gasteiger partial charge on any atom is 0.309 e. The number of rotatable bonds is 4. The van der Waals surface area contributed by atoms with Crippen molar-refractivity contribution in [2.75, 3.05) is 7.11 Å². The molecule has 0 aromatic heterocycles. The van der Waals surface area contributed by atoms with Crippen LogP contribution in [0.5, 0.6) is 0 Å². The molecule has 0 N–H and O–H groups in total. The first-order valence-electron chi connectivity index (χ1n) is 4.48. The Bertz CT molecular complexity index is 203. The van der Waals surface area contributed by atoms with Gasteiger partial charge in [-0.05, 0) is 27.2 Å². The molecule has 0 bridgehead atoms. The zero-order chi connectivity index (χ0) is 11.2. The van der Waals surface area contributed by atoms with Crippen molar-refractivity contribution in [3.05, 3.63) is 6.42 Å². The van der Waals surface area contributed by atoms with Gasteiger partial charge in [0, 0.05) is 6.42 Å². The van der Waals surface area contributed by atoms with E-state index in [4.69, 9.17) is 4.74 Å². The second-order valence-electron chi connectivity index (χ2n) is 3.85. The third-order valence-electron chi connectivity index (χ3n) is 1.28. The average molecular weight is 201 g/mol. The Morgan fingerprint density at radius 3 is 2.29 bits per heavy atom. The van der Waals surface area contributed by atoms with Gasteiger partial charge < -0.3 is 9.47 Å². The van der Waals surface area contributed by atoms with E-state index in [0.717, 1.165) is 0 Å². The predicted molar refractivity (Wildman–Crippen MR) is 51.4 cm³/mol. The maximum absolute atomic E-state index is 11.1. The Morgan fingerprint density at radius 1 is 1.29 bits per heavy atom. The van der Waals surface area contributed by atoms with E-state index in [1.807, 2.05) is 0 Å². The van der Waals surface area contributed by atoms with Gasteiger partial charge in [-0.2, -0.15) is 0 Å². The van der Waals surface area contributed by atoms with Gasteiger partial charge in [-0.1, -0.05) is 0 Å². The summed E-state index contributed by atoms with van der Waals surface area (Å²) in [7, 11) is 1.30. The summed E-state index contributed by atoms with van der Waals surface area (Å²) in [6, 6.07) is 0. The Hall–Kier alpha value is -1.06. The minimum absolute atomic E-state index is 0.201. The first-order chi connectivity index (χ1) is 6.35. The molecule has 0 heterocycles. The van der Waals surface area contributed by atoms with Gasteiger partial charge in [-0.3, -0.25) is 9.59 Å². The number of hydrogen-bond donors (Lipinski definition) is 0. The molecular weight excluding hydrogens is 184 g/mol. The number of esters is 2. The minimum Gasteiger partial charge on any atom is -0.469 e. The lowest BCUT2D eigenvalue weighted by Gasteiger charge is -2.19. The Balaban J connectivity index is 3.60. The summed E-state index contributed by atoms with van der Waals surface area (Å²) in [5.74, 6) is -0.730. The van der Waals surface area contributed by atoms with Crippen LogP contribution in [0.2, 0.25) is 0 Å². The lowest BCUT2D eigenvalue weighted by Crippen LogP contribution is -2.23. The van der Waals surface area contributed by atoms with Crippen molar-refractivity contribution in [3.63, 3.8) is 0 Å². The van der Waals surface area contributed by atoms with E-state index in [0.29, 0.717) is 6.42 Å². The Kier molecular flexibility index (Phi) is 5.20. The summed E-state index contributed by atoms with van der Waals surface area (Å²) < 4.78 is 9.43. The van der Waals surface area contributed by atoms with Crippen LogP contribution in [0.1, 0.15) is 33.6 Å². The van der Waals surface area contributed by atoms with Crippen LogP contribution in [-0.4, -0.2) is 24.6 Å². The minimum atomic E-state index is -0.470. The van der Waals surface area contributed by atoms with Crippen molar-refractivity contribution < 1.29 is 19.1 Å². The molecule has 0 atom stereocenters. The molecule has 0 saturated carbocycles. The van der Waals surface area contributed by atoms with Crippen molar-refractivity contribution in [1.29, 1.82) is 0 Å². The maximum atomic E-state index is 11.1. The topological polar surface area (TPSA) is 52.6 Å². The monoisotopic (exact) mass is 201 g/mol. The highest BCUT2D eigenvalue weighted by molar-refractivity contribution is 5.79. The summed E-state index contributed by atoms with van der Waals surface area (Å²) in [6.45, 7) is 5.40. The fraction of sp³-hybridized carbons (Fsp3) is 0.700. The first kappa shape index (κ1) is 12.9. The van der Waals surface area contributed by atoms with Crippen LogP contribution in [-0.2, 0) is 19.1 Å². The molecule has 0 spiro atoms. The van der Waals surface area contributed by atoms with Gasteiger partial charge in [-0.25, -0.2) is 0 Å². The fourth-order valence-corrected chi connectivity index (χ4v) is 0.784. The largest absolute Gasteiger partial charge is 0.469 e. The molecule has 0 unspecified atom stereocenters. The van der Waals surface area contributed by atoms with Gasteiger partial charge in [-0.15, -0.1) is 0 Å². The molecule has 0 aliphatic carbocycles. The number of hydrogen-bond acceptors (Lipinski definition) is 4. The third kappa shape index (κ3) is 7.58. The number of carbonyl (C=O) groups is 2. The average Bonchev–Trinajstić information content (AvgIpc) is 2.00. The lowest BCUT2D eigenvalue weighted by atomic mass is 10.2. The molecule has 4 heteroatoms. The standard InChI is InChI=1S/C10H17O4/c1-10(2,3)14-9(12)7-5-6-8(11)13-4/h6H,5,7H2,1-4H3. The third-order valence-corrected chi connectivity index (χ3v) is 1.28. The van der Waals surface area contributed by atoms with E-state index >= 15 is 0 Å². The van der Waals surface area contributed by atoms with E-state index < -0.39 is 11.6 Å².